The van der Waals surface area contributed by atoms with Gasteiger partial charge in [0, 0.05) is 5.71 Å². The lowest BCUT2D eigenvalue weighted by Gasteiger charge is -2.20. The highest BCUT2D eigenvalue weighted by Crippen LogP contribution is 2.21. The van der Waals surface area contributed by atoms with Crippen molar-refractivity contribution in [2.45, 2.75) is 45.6 Å². The quantitative estimate of drug-likeness (QED) is 0.832. The molecule has 0 aromatic heterocycles. The fourth-order valence-electron chi connectivity index (χ4n) is 2.56. The Bertz CT molecular complexity index is 511. The van der Waals surface area contributed by atoms with Crippen molar-refractivity contribution in [1.29, 1.82) is 0 Å². The summed E-state index contributed by atoms with van der Waals surface area (Å²) in [7, 11) is 0. The molecule has 2 atom stereocenters. The van der Waals surface area contributed by atoms with Crippen molar-refractivity contribution in [1.82, 2.24) is 5.43 Å². The second-order valence-corrected chi connectivity index (χ2v) is 5.49. The number of aliphatic hydroxyl groups is 1. The molecule has 2 rings (SSSR count). The van der Waals surface area contributed by atoms with Crippen LogP contribution in [-0.4, -0.2) is 16.7 Å². The molecule has 1 fully saturated rings. The maximum absolute atomic E-state index is 12.0. The lowest BCUT2D eigenvalue weighted by molar-refractivity contribution is -0.129. The largest absolute Gasteiger partial charge is 0.378 e. The number of aliphatic hydroxyl groups excluding tert-OH is 1. The van der Waals surface area contributed by atoms with Gasteiger partial charge in [-0.15, -0.1) is 0 Å². The topological polar surface area (TPSA) is 61.7 Å². The molecule has 1 aromatic rings. The molecule has 108 valence electrons. The Labute approximate surface area is 119 Å². The first-order valence-electron chi connectivity index (χ1n) is 7.19. The van der Waals surface area contributed by atoms with E-state index in [9.17, 15) is 9.90 Å². The zero-order valence-corrected chi connectivity index (χ0v) is 12.1. The third-order valence-corrected chi connectivity index (χ3v) is 3.93. The molecule has 1 amide bonds. The third kappa shape index (κ3) is 3.45. The molecule has 0 saturated heterocycles. The van der Waals surface area contributed by atoms with Gasteiger partial charge in [-0.1, -0.05) is 37.6 Å². The Morgan fingerprint density at radius 3 is 2.85 bits per heavy atom. The smallest absolute Gasteiger partial charge is 0.273 e. The van der Waals surface area contributed by atoms with Gasteiger partial charge in [0.05, 0.1) is 0 Å². The number of amides is 1. The summed E-state index contributed by atoms with van der Waals surface area (Å²) in [6.07, 6.45) is 3.23. The first-order chi connectivity index (χ1) is 9.59. The normalized spacial score (nSPS) is 22.6. The van der Waals surface area contributed by atoms with E-state index in [1.807, 2.05) is 25.1 Å². The van der Waals surface area contributed by atoms with Gasteiger partial charge in [-0.25, -0.2) is 5.43 Å². The molecule has 2 N–H and O–H groups in total. The van der Waals surface area contributed by atoms with Crippen molar-refractivity contribution in [3.63, 3.8) is 0 Å². The van der Waals surface area contributed by atoms with Crippen LogP contribution in [-0.2, 0) is 4.79 Å². The molecule has 0 heterocycles. The molecule has 0 bridgehead atoms. The monoisotopic (exact) mass is 274 g/mol. The van der Waals surface area contributed by atoms with E-state index in [0.717, 1.165) is 30.5 Å². The number of aryl methyl sites for hydroxylation is 1. The van der Waals surface area contributed by atoms with Gasteiger partial charge in [0.2, 0.25) is 0 Å². The van der Waals surface area contributed by atoms with Crippen molar-refractivity contribution < 1.29 is 9.90 Å². The predicted octanol–water partition coefficient (Wildman–Crippen LogP) is 2.71. The first-order valence-corrected chi connectivity index (χ1v) is 7.19. The molecule has 1 aliphatic rings. The molecule has 4 nitrogen and oxygen atoms in total. The number of hydrogen-bond donors (Lipinski definition) is 2. The molecule has 1 aromatic carbocycles. The van der Waals surface area contributed by atoms with E-state index in [4.69, 9.17) is 0 Å². The molecular weight excluding hydrogens is 252 g/mol. The standard InChI is InChI=1S/C16H22N2O2/c1-11-7-3-5-9-13(11)15(19)16(20)18-17-14-10-6-4-8-12(14)2/h3,5,7,9,12,15,19H,4,6,8,10H2,1-2H3,(H,18,20)/b17-14-/t12-,15-/m0/s1. The number of benzene rings is 1. The van der Waals surface area contributed by atoms with Gasteiger partial charge in [-0.05, 0) is 43.2 Å². The fourth-order valence-corrected chi connectivity index (χ4v) is 2.56. The Kier molecular flexibility index (Phi) is 4.90. The maximum atomic E-state index is 12.0. The Balaban J connectivity index is 2.01. The minimum Gasteiger partial charge on any atom is -0.378 e. The number of carbonyl (C=O) groups is 1. The first kappa shape index (κ1) is 14.7. The van der Waals surface area contributed by atoms with Crippen LogP contribution >= 0.6 is 0 Å². The van der Waals surface area contributed by atoms with Crippen LogP contribution in [0.4, 0.5) is 0 Å². The van der Waals surface area contributed by atoms with Crippen LogP contribution < -0.4 is 5.43 Å². The summed E-state index contributed by atoms with van der Waals surface area (Å²) < 4.78 is 0. The summed E-state index contributed by atoms with van der Waals surface area (Å²) in [5.74, 6) is -0.0516. The van der Waals surface area contributed by atoms with Crippen LogP contribution in [0.1, 0.15) is 49.8 Å². The van der Waals surface area contributed by atoms with E-state index in [1.165, 1.54) is 6.42 Å². The highest BCUT2D eigenvalue weighted by atomic mass is 16.3. The SMILES string of the molecule is Cc1ccccc1[C@H](O)C(=O)N/N=C1/CCCC[C@@H]1C. The third-order valence-electron chi connectivity index (χ3n) is 3.93. The average Bonchev–Trinajstić information content (AvgIpc) is 2.46. The number of hydrazone groups is 1. The van der Waals surface area contributed by atoms with Gasteiger partial charge < -0.3 is 5.11 Å². The van der Waals surface area contributed by atoms with Crippen LogP contribution in [0.15, 0.2) is 29.4 Å². The summed E-state index contributed by atoms with van der Waals surface area (Å²) in [5.41, 5.74) is 5.06. The zero-order chi connectivity index (χ0) is 14.5. The number of nitrogens with one attached hydrogen (secondary N) is 1. The minimum atomic E-state index is -1.17. The van der Waals surface area contributed by atoms with Gasteiger partial charge in [-0.2, -0.15) is 5.10 Å². The van der Waals surface area contributed by atoms with E-state index in [-0.39, 0.29) is 0 Å². The highest BCUT2D eigenvalue weighted by Gasteiger charge is 2.20. The van der Waals surface area contributed by atoms with Crippen molar-refractivity contribution in [3.8, 4) is 0 Å². The zero-order valence-electron chi connectivity index (χ0n) is 12.1. The lowest BCUT2D eigenvalue weighted by atomic mass is 9.89. The summed E-state index contributed by atoms with van der Waals surface area (Å²) in [6.45, 7) is 4.00. The summed E-state index contributed by atoms with van der Waals surface area (Å²) in [6, 6.07) is 7.33. The number of hydrogen-bond acceptors (Lipinski definition) is 3. The maximum Gasteiger partial charge on any atom is 0.273 e. The van der Waals surface area contributed by atoms with Crippen molar-refractivity contribution >= 4 is 11.6 Å². The minimum absolute atomic E-state index is 0.416. The van der Waals surface area contributed by atoms with E-state index in [0.29, 0.717) is 11.5 Å². The number of rotatable bonds is 3. The van der Waals surface area contributed by atoms with Crippen LogP contribution in [0.5, 0.6) is 0 Å². The molecule has 0 unspecified atom stereocenters. The van der Waals surface area contributed by atoms with E-state index >= 15 is 0 Å². The summed E-state index contributed by atoms with van der Waals surface area (Å²) >= 11 is 0. The Morgan fingerprint density at radius 1 is 1.40 bits per heavy atom. The van der Waals surface area contributed by atoms with Gasteiger partial charge in [-0.3, -0.25) is 4.79 Å². The van der Waals surface area contributed by atoms with Gasteiger partial charge in [0.15, 0.2) is 6.10 Å². The lowest BCUT2D eigenvalue weighted by Crippen LogP contribution is -2.28. The number of carbonyl (C=O) groups excluding carboxylic acids is 1. The molecular formula is C16H22N2O2. The van der Waals surface area contributed by atoms with E-state index in [2.05, 4.69) is 17.5 Å². The number of nitrogens with zero attached hydrogens (tertiary/aromatic N) is 1. The summed E-state index contributed by atoms with van der Waals surface area (Å²) in [5, 5.41) is 14.3. The predicted molar refractivity (Wildman–Crippen MR) is 79.3 cm³/mol. The molecule has 0 radical (unpaired) electrons. The molecule has 1 saturated carbocycles. The molecule has 20 heavy (non-hydrogen) atoms. The van der Waals surface area contributed by atoms with E-state index in [1.54, 1.807) is 6.07 Å². The average molecular weight is 274 g/mol. The molecule has 1 aliphatic carbocycles. The van der Waals surface area contributed by atoms with Gasteiger partial charge in [0.1, 0.15) is 0 Å². The van der Waals surface area contributed by atoms with Crippen LogP contribution in [0.3, 0.4) is 0 Å². The molecule has 0 spiro atoms. The van der Waals surface area contributed by atoms with Gasteiger partial charge in [0.25, 0.3) is 5.91 Å². The Hall–Kier alpha value is -1.68. The fraction of sp³-hybridized carbons (Fsp3) is 0.500. The molecule has 0 aliphatic heterocycles. The van der Waals surface area contributed by atoms with Crippen LogP contribution in [0, 0.1) is 12.8 Å². The van der Waals surface area contributed by atoms with Crippen molar-refractivity contribution in [2.75, 3.05) is 0 Å². The second kappa shape index (κ2) is 6.66. The van der Waals surface area contributed by atoms with Crippen molar-refractivity contribution in [2.24, 2.45) is 11.0 Å². The highest BCUT2D eigenvalue weighted by molar-refractivity contribution is 5.89. The van der Waals surface area contributed by atoms with Crippen LogP contribution in [0.2, 0.25) is 0 Å². The summed E-state index contributed by atoms with van der Waals surface area (Å²) in [4.78, 5) is 12.0. The second-order valence-electron chi connectivity index (χ2n) is 5.49. The van der Waals surface area contributed by atoms with Gasteiger partial charge >= 0.3 is 0 Å². The Morgan fingerprint density at radius 2 is 2.15 bits per heavy atom. The van der Waals surface area contributed by atoms with Crippen LogP contribution in [0.25, 0.3) is 0 Å². The molecule has 4 heteroatoms. The van der Waals surface area contributed by atoms with E-state index < -0.39 is 12.0 Å². The van der Waals surface area contributed by atoms with Crippen molar-refractivity contribution in [3.05, 3.63) is 35.4 Å².